The predicted molar refractivity (Wildman–Crippen MR) is 112 cm³/mol. The van der Waals surface area contributed by atoms with E-state index in [9.17, 15) is 34.8 Å². The summed E-state index contributed by atoms with van der Waals surface area (Å²) in [6.07, 6.45) is -9.10. The SMILES string of the molecule is O=S(=O)(O)c1ccc(P(c2ccc(C(F)(F)F)cc2)c2ccc(C(F)(F)F)cc2)cc1.[LiH]. The van der Waals surface area contributed by atoms with Gasteiger partial charge in [-0.15, -0.1) is 0 Å². The summed E-state index contributed by atoms with van der Waals surface area (Å²) in [5, 5.41) is 1.31. The van der Waals surface area contributed by atoms with Crippen LogP contribution >= 0.6 is 7.92 Å². The van der Waals surface area contributed by atoms with Crippen molar-refractivity contribution in [3.05, 3.63) is 83.9 Å². The van der Waals surface area contributed by atoms with Crippen LogP contribution in [0.5, 0.6) is 0 Å². The Labute approximate surface area is 193 Å². The molecule has 3 rings (SSSR count). The van der Waals surface area contributed by atoms with Gasteiger partial charge in [-0.25, -0.2) is 0 Å². The maximum absolute atomic E-state index is 12.9. The van der Waals surface area contributed by atoms with Crippen molar-refractivity contribution >= 4 is 52.8 Å². The molecule has 0 radical (unpaired) electrons. The maximum atomic E-state index is 12.9. The van der Waals surface area contributed by atoms with E-state index in [1.165, 1.54) is 36.4 Å². The Morgan fingerprint density at radius 3 is 1.12 bits per heavy atom. The van der Waals surface area contributed by atoms with Crippen LogP contribution in [0.2, 0.25) is 0 Å². The normalized spacial score (nSPS) is 12.5. The summed E-state index contributed by atoms with van der Waals surface area (Å²) < 4.78 is 109. The Morgan fingerprint density at radius 1 is 0.594 bits per heavy atom. The minimum atomic E-state index is -4.55. The van der Waals surface area contributed by atoms with Crippen molar-refractivity contribution in [1.29, 1.82) is 0 Å². The van der Waals surface area contributed by atoms with E-state index in [1.54, 1.807) is 0 Å². The van der Waals surface area contributed by atoms with Crippen LogP contribution < -0.4 is 15.9 Å². The minimum absolute atomic E-state index is 0. The van der Waals surface area contributed by atoms with Gasteiger partial charge in [-0.3, -0.25) is 4.55 Å². The van der Waals surface area contributed by atoms with E-state index in [-0.39, 0.29) is 23.8 Å². The van der Waals surface area contributed by atoms with Gasteiger partial charge in [-0.05, 0) is 60.2 Å². The second-order valence-corrected chi connectivity index (χ2v) is 10.0. The number of alkyl halides is 6. The third-order valence-corrected chi connectivity index (χ3v) is 7.61. The van der Waals surface area contributed by atoms with Gasteiger partial charge in [-0.2, -0.15) is 34.8 Å². The molecule has 0 aliphatic heterocycles. The summed E-state index contributed by atoms with van der Waals surface area (Å²) in [4.78, 5) is -0.383. The molecule has 12 heteroatoms. The molecule has 3 aromatic carbocycles. The molecule has 0 aromatic heterocycles. The van der Waals surface area contributed by atoms with Crippen LogP contribution in [-0.4, -0.2) is 31.8 Å². The molecule has 0 amide bonds. The van der Waals surface area contributed by atoms with Crippen molar-refractivity contribution in [2.45, 2.75) is 17.2 Å². The van der Waals surface area contributed by atoms with Crippen LogP contribution in [0.3, 0.4) is 0 Å². The molecule has 0 saturated carbocycles. The molecule has 3 aromatic rings. The van der Waals surface area contributed by atoms with E-state index in [2.05, 4.69) is 0 Å². The number of benzene rings is 3. The molecule has 1 N–H and O–H groups in total. The average Bonchev–Trinajstić information content (AvgIpc) is 2.67. The third kappa shape index (κ3) is 6.15. The molecule has 32 heavy (non-hydrogen) atoms. The van der Waals surface area contributed by atoms with Crippen molar-refractivity contribution in [3.63, 3.8) is 0 Å². The molecule has 0 heterocycles. The van der Waals surface area contributed by atoms with Crippen molar-refractivity contribution in [1.82, 2.24) is 0 Å². The first-order chi connectivity index (χ1) is 14.3. The zero-order valence-corrected chi connectivity index (χ0v) is 17.0. The van der Waals surface area contributed by atoms with E-state index >= 15 is 0 Å². The molecule has 166 valence electrons. The van der Waals surface area contributed by atoms with Crippen molar-refractivity contribution < 1.29 is 39.3 Å². The van der Waals surface area contributed by atoms with Gasteiger partial charge < -0.3 is 0 Å². The quantitative estimate of drug-likeness (QED) is 0.262. The van der Waals surface area contributed by atoms with E-state index in [0.29, 0.717) is 15.9 Å². The summed E-state index contributed by atoms with van der Waals surface area (Å²) >= 11 is 0. The molecule has 0 aliphatic carbocycles. The summed E-state index contributed by atoms with van der Waals surface area (Å²) in [6, 6.07) is 13.4. The number of halogens is 6. The summed E-state index contributed by atoms with van der Waals surface area (Å²) in [5.41, 5.74) is -1.75. The van der Waals surface area contributed by atoms with E-state index in [0.717, 1.165) is 36.4 Å². The van der Waals surface area contributed by atoms with Crippen LogP contribution in [-0.2, 0) is 22.5 Å². The molecule has 0 saturated heterocycles. The molecule has 0 fully saturated rings. The Morgan fingerprint density at radius 2 is 0.875 bits per heavy atom. The molecule has 0 spiro atoms. The Kier molecular flexibility index (Phi) is 7.91. The Bertz CT molecular complexity index is 1100. The molecule has 3 nitrogen and oxygen atoms in total. The van der Waals surface area contributed by atoms with Gasteiger partial charge in [0.1, 0.15) is 0 Å². The van der Waals surface area contributed by atoms with E-state index in [4.69, 9.17) is 4.55 Å². The fraction of sp³-hybridized carbons (Fsp3) is 0.100. The van der Waals surface area contributed by atoms with Crippen LogP contribution in [0.15, 0.2) is 77.7 Å². The molecular weight excluding hydrogens is 472 g/mol. The summed E-state index contributed by atoms with van der Waals surface area (Å²) in [7, 11) is -6.06. The van der Waals surface area contributed by atoms with Crippen molar-refractivity contribution in [2.75, 3.05) is 0 Å². The first-order valence-electron chi connectivity index (χ1n) is 8.49. The van der Waals surface area contributed by atoms with Gasteiger partial charge in [0.05, 0.1) is 16.0 Å². The van der Waals surface area contributed by atoms with Gasteiger partial charge in [0.25, 0.3) is 10.1 Å². The number of hydrogen-bond acceptors (Lipinski definition) is 2. The Hall–Kier alpha value is -1.82. The van der Waals surface area contributed by atoms with Gasteiger partial charge >= 0.3 is 31.2 Å². The van der Waals surface area contributed by atoms with Crippen LogP contribution in [0.4, 0.5) is 26.3 Å². The fourth-order valence-corrected chi connectivity index (χ4v) is 5.53. The molecule has 0 unspecified atom stereocenters. The van der Waals surface area contributed by atoms with Crippen molar-refractivity contribution in [3.8, 4) is 0 Å². The zero-order valence-electron chi connectivity index (χ0n) is 15.3. The number of hydrogen-bond donors (Lipinski definition) is 1. The fourth-order valence-electron chi connectivity index (χ4n) is 2.81. The van der Waals surface area contributed by atoms with Gasteiger partial charge in [0.15, 0.2) is 0 Å². The Balaban J connectivity index is 0.00000363. The molecular formula is C20H14F6LiO3PS. The second kappa shape index (κ2) is 9.58. The van der Waals surface area contributed by atoms with Crippen molar-refractivity contribution in [2.24, 2.45) is 0 Å². The van der Waals surface area contributed by atoms with Gasteiger partial charge in [-0.1, -0.05) is 36.4 Å². The van der Waals surface area contributed by atoms with Gasteiger partial charge in [0, 0.05) is 0 Å². The molecule has 0 aliphatic rings. The standard InChI is InChI=1S/C20H13F6O3PS.Li.H/c21-19(22,23)13-1-5-15(6-2-13)30(16-7-3-14(4-8-16)20(24,25)26)17-9-11-18(12-10-17)31(27,28)29;;/h1-12H,(H,27,28,29);;. The van der Waals surface area contributed by atoms with E-state index in [1.807, 2.05) is 0 Å². The van der Waals surface area contributed by atoms with Gasteiger partial charge in [0.2, 0.25) is 0 Å². The topological polar surface area (TPSA) is 54.4 Å². The predicted octanol–water partition coefficient (Wildman–Crippen LogP) is 4.08. The number of rotatable bonds is 4. The van der Waals surface area contributed by atoms with Crippen LogP contribution in [0, 0.1) is 0 Å². The first kappa shape index (κ1) is 26.4. The first-order valence-corrected chi connectivity index (χ1v) is 11.3. The molecule has 0 atom stereocenters. The third-order valence-electron chi connectivity index (χ3n) is 4.30. The summed E-state index contributed by atoms with van der Waals surface area (Å²) in [5.74, 6) is 0. The van der Waals surface area contributed by atoms with Crippen LogP contribution in [0.1, 0.15) is 11.1 Å². The zero-order chi connectivity index (χ0) is 23.0. The second-order valence-electron chi connectivity index (χ2n) is 6.39. The monoisotopic (exact) mass is 486 g/mol. The van der Waals surface area contributed by atoms with E-state index < -0.39 is 41.5 Å². The summed E-state index contributed by atoms with van der Waals surface area (Å²) in [6.45, 7) is 0. The average molecular weight is 486 g/mol. The van der Waals surface area contributed by atoms with Crippen LogP contribution in [0.25, 0.3) is 0 Å². The molecule has 0 bridgehead atoms.